The highest BCUT2D eigenvalue weighted by Gasteiger charge is 2.30. The number of piperidine rings is 1. The maximum atomic E-state index is 3.64. The van der Waals surface area contributed by atoms with Gasteiger partial charge in [-0.1, -0.05) is 40.0 Å². The molecule has 1 heteroatoms. The molecule has 0 aromatic rings. The molecular formula is C12H25N. The Bertz CT molecular complexity index is 119. The fraction of sp³-hybridized carbons (Fsp3) is 1.00. The van der Waals surface area contributed by atoms with Gasteiger partial charge < -0.3 is 5.32 Å². The maximum Gasteiger partial charge on any atom is 0.00953 e. The summed E-state index contributed by atoms with van der Waals surface area (Å²) in [4.78, 5) is 0. The Morgan fingerprint density at radius 1 is 1.00 bits per heavy atom. The Morgan fingerprint density at radius 2 is 1.69 bits per heavy atom. The van der Waals surface area contributed by atoms with E-state index in [9.17, 15) is 0 Å². The third-order valence-electron chi connectivity index (χ3n) is 3.64. The smallest absolute Gasteiger partial charge is 0.00953 e. The molecule has 78 valence electrons. The molecule has 0 radical (unpaired) electrons. The van der Waals surface area contributed by atoms with Crippen molar-refractivity contribution in [1.82, 2.24) is 5.32 Å². The molecule has 2 fully saturated rings. The average Bonchev–Trinajstić information content (AvgIpc) is 2.30. The van der Waals surface area contributed by atoms with E-state index in [1.54, 1.807) is 0 Å². The van der Waals surface area contributed by atoms with Gasteiger partial charge in [-0.2, -0.15) is 0 Å². The zero-order valence-electron chi connectivity index (χ0n) is 9.47. The predicted octanol–water partition coefficient (Wildman–Crippen LogP) is 3.20. The molecule has 2 aliphatic rings. The van der Waals surface area contributed by atoms with Crippen molar-refractivity contribution in [3.63, 3.8) is 0 Å². The molecule has 3 atom stereocenters. The molecule has 0 amide bonds. The van der Waals surface area contributed by atoms with E-state index in [2.05, 4.69) is 12.2 Å². The Kier molecular flexibility index (Phi) is 4.79. The van der Waals surface area contributed by atoms with Crippen LogP contribution in [0.5, 0.6) is 0 Å². The van der Waals surface area contributed by atoms with Gasteiger partial charge in [0, 0.05) is 6.04 Å². The van der Waals surface area contributed by atoms with E-state index >= 15 is 0 Å². The minimum Gasteiger partial charge on any atom is -0.314 e. The van der Waals surface area contributed by atoms with Crippen LogP contribution in [0.15, 0.2) is 0 Å². The second kappa shape index (κ2) is 5.64. The Balaban J connectivity index is 0.000000396. The van der Waals surface area contributed by atoms with Crippen LogP contribution in [-0.4, -0.2) is 12.6 Å². The molecule has 0 aromatic heterocycles. The molecule has 1 aliphatic heterocycles. The van der Waals surface area contributed by atoms with Gasteiger partial charge in [0.25, 0.3) is 0 Å². The molecule has 13 heavy (non-hydrogen) atoms. The van der Waals surface area contributed by atoms with Gasteiger partial charge in [-0.15, -0.1) is 0 Å². The van der Waals surface area contributed by atoms with Crippen molar-refractivity contribution in [2.75, 3.05) is 6.54 Å². The molecule has 3 unspecified atom stereocenters. The van der Waals surface area contributed by atoms with Crippen molar-refractivity contribution < 1.29 is 0 Å². The fourth-order valence-electron chi connectivity index (χ4n) is 2.77. The van der Waals surface area contributed by atoms with Gasteiger partial charge in [0.15, 0.2) is 0 Å². The standard InChI is InChI=1S/C10H19N.C2H6/c1-8-9-4-2-3-5-10(8)11-7-6-9;1-2/h8-11H,2-7H2,1H3;1-2H3. The number of hydrogen-bond acceptors (Lipinski definition) is 1. The van der Waals surface area contributed by atoms with Gasteiger partial charge in [-0.05, 0) is 31.2 Å². The zero-order chi connectivity index (χ0) is 9.68. The predicted molar refractivity (Wildman–Crippen MR) is 58.9 cm³/mol. The second-order valence-corrected chi connectivity index (χ2v) is 4.25. The van der Waals surface area contributed by atoms with Gasteiger partial charge >= 0.3 is 0 Å². The monoisotopic (exact) mass is 183 g/mol. The zero-order valence-corrected chi connectivity index (χ0v) is 9.47. The summed E-state index contributed by atoms with van der Waals surface area (Å²) in [6.07, 6.45) is 7.29. The fourth-order valence-corrected chi connectivity index (χ4v) is 2.77. The molecule has 1 nitrogen and oxygen atoms in total. The number of fused-ring (bicyclic) bond motifs is 2. The molecule has 2 bridgehead atoms. The second-order valence-electron chi connectivity index (χ2n) is 4.25. The quantitative estimate of drug-likeness (QED) is 0.608. The van der Waals surface area contributed by atoms with Crippen LogP contribution in [0.4, 0.5) is 0 Å². The van der Waals surface area contributed by atoms with Crippen LogP contribution in [0.3, 0.4) is 0 Å². The minimum atomic E-state index is 0.858. The Morgan fingerprint density at radius 3 is 2.46 bits per heavy atom. The summed E-state index contributed by atoms with van der Waals surface area (Å²) in [5.74, 6) is 2.00. The van der Waals surface area contributed by atoms with E-state index in [0.29, 0.717) is 0 Å². The molecule has 1 heterocycles. The summed E-state index contributed by atoms with van der Waals surface area (Å²) in [7, 11) is 0. The van der Waals surface area contributed by atoms with E-state index in [-0.39, 0.29) is 0 Å². The number of nitrogens with one attached hydrogen (secondary N) is 1. The van der Waals surface area contributed by atoms with E-state index in [1.807, 2.05) is 13.8 Å². The van der Waals surface area contributed by atoms with Crippen molar-refractivity contribution in [3.8, 4) is 0 Å². The molecule has 1 saturated heterocycles. The summed E-state index contributed by atoms with van der Waals surface area (Å²) in [5, 5.41) is 3.64. The summed E-state index contributed by atoms with van der Waals surface area (Å²) < 4.78 is 0. The van der Waals surface area contributed by atoms with Crippen LogP contribution in [0, 0.1) is 11.8 Å². The van der Waals surface area contributed by atoms with Crippen molar-refractivity contribution in [2.24, 2.45) is 11.8 Å². The molecule has 0 aromatic carbocycles. The highest BCUT2D eigenvalue weighted by atomic mass is 14.9. The molecule has 2 rings (SSSR count). The number of rotatable bonds is 0. The molecule has 0 spiro atoms. The molecule has 1 aliphatic carbocycles. The van der Waals surface area contributed by atoms with Crippen LogP contribution in [0.2, 0.25) is 0 Å². The Labute approximate surface area is 83.3 Å². The summed E-state index contributed by atoms with van der Waals surface area (Å²) in [6, 6.07) is 0.858. The van der Waals surface area contributed by atoms with E-state index in [4.69, 9.17) is 0 Å². The Hall–Kier alpha value is -0.0400. The number of hydrogen-bond donors (Lipinski definition) is 1. The van der Waals surface area contributed by atoms with Gasteiger partial charge in [-0.3, -0.25) is 0 Å². The molecular weight excluding hydrogens is 158 g/mol. The highest BCUT2D eigenvalue weighted by Crippen LogP contribution is 2.33. The maximum absolute atomic E-state index is 3.64. The lowest BCUT2D eigenvalue weighted by Crippen LogP contribution is -2.43. The van der Waals surface area contributed by atoms with Gasteiger partial charge in [-0.25, -0.2) is 0 Å². The van der Waals surface area contributed by atoms with Gasteiger partial charge in [0.1, 0.15) is 0 Å². The van der Waals surface area contributed by atoms with Crippen LogP contribution in [0.25, 0.3) is 0 Å². The minimum absolute atomic E-state index is 0.858. The normalized spacial score (nSPS) is 38.5. The van der Waals surface area contributed by atoms with E-state index < -0.39 is 0 Å². The highest BCUT2D eigenvalue weighted by molar-refractivity contribution is 4.86. The van der Waals surface area contributed by atoms with Crippen molar-refractivity contribution in [2.45, 2.75) is 58.9 Å². The van der Waals surface area contributed by atoms with Crippen molar-refractivity contribution in [3.05, 3.63) is 0 Å². The first-order chi connectivity index (χ1) is 6.38. The first kappa shape index (κ1) is 11.0. The lowest BCUT2D eigenvalue weighted by atomic mass is 9.81. The summed E-state index contributed by atoms with van der Waals surface area (Å²) in [5.41, 5.74) is 0. The summed E-state index contributed by atoms with van der Waals surface area (Å²) >= 11 is 0. The van der Waals surface area contributed by atoms with Crippen molar-refractivity contribution >= 4 is 0 Å². The van der Waals surface area contributed by atoms with Crippen LogP contribution >= 0.6 is 0 Å². The third kappa shape index (κ3) is 2.70. The SMILES string of the molecule is CC.CC1C2CCCCC1NCC2. The lowest BCUT2D eigenvalue weighted by Gasteiger charge is -2.34. The average molecular weight is 183 g/mol. The van der Waals surface area contributed by atoms with Crippen LogP contribution in [0.1, 0.15) is 52.9 Å². The summed E-state index contributed by atoms with van der Waals surface area (Å²) in [6.45, 7) is 7.71. The van der Waals surface area contributed by atoms with Crippen LogP contribution in [-0.2, 0) is 0 Å². The van der Waals surface area contributed by atoms with Gasteiger partial charge in [0.05, 0.1) is 0 Å². The topological polar surface area (TPSA) is 12.0 Å². The van der Waals surface area contributed by atoms with E-state index in [1.165, 1.54) is 38.6 Å². The lowest BCUT2D eigenvalue weighted by molar-refractivity contribution is 0.208. The first-order valence-corrected chi connectivity index (χ1v) is 6.11. The largest absolute Gasteiger partial charge is 0.314 e. The third-order valence-corrected chi connectivity index (χ3v) is 3.64. The first-order valence-electron chi connectivity index (χ1n) is 6.11. The van der Waals surface area contributed by atoms with E-state index in [0.717, 1.165) is 17.9 Å². The van der Waals surface area contributed by atoms with Crippen molar-refractivity contribution in [1.29, 1.82) is 0 Å². The van der Waals surface area contributed by atoms with Gasteiger partial charge in [0.2, 0.25) is 0 Å². The van der Waals surface area contributed by atoms with Crippen LogP contribution < -0.4 is 5.32 Å². The molecule has 1 saturated carbocycles. The molecule has 1 N–H and O–H groups in total.